The number of carbonyl (C=O) groups excluding carboxylic acids is 1. The second-order valence-electron chi connectivity index (χ2n) is 6.51. The summed E-state index contributed by atoms with van der Waals surface area (Å²) >= 11 is 0. The molecule has 148 valence electrons. The Balaban J connectivity index is 1.46. The SMILES string of the molecule is O=C(NCc1cccnc1)c1ccnc(Nc2ccccc2Oc2ccccc2)c1. The number of aromatic nitrogens is 2. The number of ether oxygens (including phenoxy) is 1. The monoisotopic (exact) mass is 396 g/mol. The standard InChI is InChI=1S/C24H20N4O2/c29-24(27-17-18-7-6-13-25-16-18)19-12-14-26-23(15-19)28-21-10-4-5-11-22(21)30-20-8-2-1-3-9-20/h1-16H,17H2,(H,26,28)(H,27,29). The number of hydrogen-bond donors (Lipinski definition) is 2. The number of para-hydroxylation sites is 3. The van der Waals surface area contributed by atoms with Crippen LogP contribution in [0.2, 0.25) is 0 Å². The van der Waals surface area contributed by atoms with E-state index >= 15 is 0 Å². The fourth-order valence-electron chi connectivity index (χ4n) is 2.84. The first kappa shape index (κ1) is 19.1. The average Bonchev–Trinajstić information content (AvgIpc) is 2.80. The summed E-state index contributed by atoms with van der Waals surface area (Å²) in [6.07, 6.45) is 5.02. The normalized spacial score (nSPS) is 10.3. The molecule has 6 nitrogen and oxygen atoms in total. The van der Waals surface area contributed by atoms with Crippen LogP contribution >= 0.6 is 0 Å². The van der Waals surface area contributed by atoms with Crippen LogP contribution in [0.3, 0.4) is 0 Å². The van der Waals surface area contributed by atoms with E-state index in [1.165, 1.54) is 0 Å². The van der Waals surface area contributed by atoms with Crippen molar-refractivity contribution in [1.82, 2.24) is 15.3 Å². The van der Waals surface area contributed by atoms with Crippen LogP contribution in [0.5, 0.6) is 11.5 Å². The lowest BCUT2D eigenvalue weighted by Gasteiger charge is -2.13. The van der Waals surface area contributed by atoms with E-state index in [1.54, 1.807) is 30.7 Å². The van der Waals surface area contributed by atoms with Gasteiger partial charge in [-0.05, 0) is 48.0 Å². The molecule has 1 amide bonds. The van der Waals surface area contributed by atoms with Crippen molar-refractivity contribution in [2.75, 3.05) is 5.32 Å². The highest BCUT2D eigenvalue weighted by molar-refractivity contribution is 5.94. The maximum atomic E-state index is 12.5. The lowest BCUT2D eigenvalue weighted by Crippen LogP contribution is -2.23. The molecule has 2 N–H and O–H groups in total. The van der Waals surface area contributed by atoms with Gasteiger partial charge in [-0.2, -0.15) is 0 Å². The van der Waals surface area contributed by atoms with Gasteiger partial charge < -0.3 is 15.4 Å². The summed E-state index contributed by atoms with van der Waals surface area (Å²) in [5.41, 5.74) is 2.20. The summed E-state index contributed by atoms with van der Waals surface area (Å²) in [5, 5.41) is 6.13. The number of benzene rings is 2. The smallest absolute Gasteiger partial charge is 0.251 e. The van der Waals surface area contributed by atoms with Gasteiger partial charge in [0.1, 0.15) is 11.6 Å². The average molecular weight is 396 g/mol. The summed E-state index contributed by atoms with van der Waals surface area (Å²) in [7, 11) is 0. The van der Waals surface area contributed by atoms with Gasteiger partial charge in [-0.25, -0.2) is 4.98 Å². The third-order valence-electron chi connectivity index (χ3n) is 4.32. The second kappa shape index (κ2) is 9.34. The number of carbonyl (C=O) groups is 1. The molecule has 2 heterocycles. The molecule has 4 aromatic rings. The highest BCUT2D eigenvalue weighted by atomic mass is 16.5. The van der Waals surface area contributed by atoms with Gasteiger partial charge in [0.05, 0.1) is 5.69 Å². The van der Waals surface area contributed by atoms with Gasteiger partial charge in [0, 0.05) is 30.7 Å². The Labute approximate surface area is 174 Å². The first-order valence-electron chi connectivity index (χ1n) is 9.50. The molecule has 0 spiro atoms. The highest BCUT2D eigenvalue weighted by Gasteiger charge is 2.09. The highest BCUT2D eigenvalue weighted by Crippen LogP contribution is 2.31. The van der Waals surface area contributed by atoms with Gasteiger partial charge in [-0.3, -0.25) is 9.78 Å². The van der Waals surface area contributed by atoms with E-state index in [-0.39, 0.29) is 5.91 Å². The lowest BCUT2D eigenvalue weighted by molar-refractivity contribution is 0.0951. The van der Waals surface area contributed by atoms with Crippen molar-refractivity contribution in [3.05, 3.63) is 109 Å². The minimum absolute atomic E-state index is 0.182. The Kier molecular flexibility index (Phi) is 5.96. The predicted octanol–water partition coefficient (Wildman–Crippen LogP) is 4.94. The van der Waals surface area contributed by atoms with Crippen molar-refractivity contribution in [3.63, 3.8) is 0 Å². The molecular weight excluding hydrogens is 376 g/mol. The van der Waals surface area contributed by atoms with E-state index in [0.29, 0.717) is 23.7 Å². The van der Waals surface area contributed by atoms with Crippen LogP contribution in [-0.2, 0) is 6.54 Å². The molecule has 0 aliphatic carbocycles. The molecule has 0 unspecified atom stereocenters. The minimum Gasteiger partial charge on any atom is -0.455 e. The van der Waals surface area contributed by atoms with E-state index < -0.39 is 0 Å². The van der Waals surface area contributed by atoms with Crippen LogP contribution in [0.1, 0.15) is 15.9 Å². The molecular formula is C24H20N4O2. The largest absolute Gasteiger partial charge is 0.455 e. The Morgan fingerprint density at radius 2 is 1.73 bits per heavy atom. The molecule has 6 heteroatoms. The Morgan fingerprint density at radius 3 is 2.57 bits per heavy atom. The van der Waals surface area contributed by atoms with Crippen molar-refractivity contribution < 1.29 is 9.53 Å². The molecule has 0 radical (unpaired) electrons. The van der Waals surface area contributed by atoms with Crippen LogP contribution in [0.4, 0.5) is 11.5 Å². The molecule has 0 saturated carbocycles. The zero-order valence-corrected chi connectivity index (χ0v) is 16.2. The quantitative estimate of drug-likeness (QED) is 0.463. The van der Waals surface area contributed by atoms with Crippen molar-refractivity contribution >= 4 is 17.4 Å². The number of hydrogen-bond acceptors (Lipinski definition) is 5. The molecule has 0 fully saturated rings. The van der Waals surface area contributed by atoms with Crippen LogP contribution in [0.15, 0.2) is 97.5 Å². The van der Waals surface area contributed by atoms with Gasteiger partial charge in [0.15, 0.2) is 5.75 Å². The van der Waals surface area contributed by atoms with E-state index in [2.05, 4.69) is 20.6 Å². The summed E-state index contributed by atoms with van der Waals surface area (Å²) < 4.78 is 5.97. The van der Waals surface area contributed by atoms with Crippen LogP contribution in [0.25, 0.3) is 0 Å². The maximum absolute atomic E-state index is 12.5. The molecule has 0 saturated heterocycles. The van der Waals surface area contributed by atoms with Gasteiger partial charge >= 0.3 is 0 Å². The summed E-state index contributed by atoms with van der Waals surface area (Å²) in [4.78, 5) is 20.9. The second-order valence-corrected chi connectivity index (χ2v) is 6.51. The molecule has 0 aliphatic rings. The predicted molar refractivity (Wildman–Crippen MR) is 116 cm³/mol. The zero-order chi connectivity index (χ0) is 20.6. The number of nitrogens with zero attached hydrogens (tertiary/aromatic N) is 2. The lowest BCUT2D eigenvalue weighted by atomic mass is 10.2. The first-order chi connectivity index (χ1) is 14.8. The first-order valence-corrected chi connectivity index (χ1v) is 9.50. The topological polar surface area (TPSA) is 76.1 Å². The van der Waals surface area contributed by atoms with E-state index in [1.807, 2.05) is 66.7 Å². The fraction of sp³-hybridized carbons (Fsp3) is 0.0417. The molecule has 0 bridgehead atoms. The number of anilines is 2. The number of pyridine rings is 2. The van der Waals surface area contributed by atoms with Crippen molar-refractivity contribution in [3.8, 4) is 11.5 Å². The third kappa shape index (κ3) is 4.99. The van der Waals surface area contributed by atoms with Crippen molar-refractivity contribution in [2.24, 2.45) is 0 Å². The zero-order valence-electron chi connectivity index (χ0n) is 16.2. The van der Waals surface area contributed by atoms with Gasteiger partial charge in [0.25, 0.3) is 5.91 Å². The van der Waals surface area contributed by atoms with Gasteiger partial charge in [-0.1, -0.05) is 36.4 Å². The van der Waals surface area contributed by atoms with Crippen molar-refractivity contribution in [2.45, 2.75) is 6.54 Å². The molecule has 4 rings (SSSR count). The van der Waals surface area contributed by atoms with Crippen LogP contribution < -0.4 is 15.4 Å². The van der Waals surface area contributed by atoms with E-state index in [0.717, 1.165) is 17.0 Å². The molecule has 30 heavy (non-hydrogen) atoms. The van der Waals surface area contributed by atoms with E-state index in [9.17, 15) is 4.79 Å². The number of amides is 1. The Hall–Kier alpha value is -4.19. The molecule has 2 aromatic heterocycles. The van der Waals surface area contributed by atoms with E-state index in [4.69, 9.17) is 4.74 Å². The minimum atomic E-state index is -0.182. The van der Waals surface area contributed by atoms with Crippen molar-refractivity contribution in [1.29, 1.82) is 0 Å². The molecule has 0 atom stereocenters. The fourth-order valence-corrected chi connectivity index (χ4v) is 2.84. The Bertz CT molecular complexity index is 1120. The Morgan fingerprint density at radius 1 is 0.900 bits per heavy atom. The van der Waals surface area contributed by atoms with Crippen LogP contribution in [0, 0.1) is 0 Å². The number of rotatable bonds is 7. The van der Waals surface area contributed by atoms with Crippen LogP contribution in [-0.4, -0.2) is 15.9 Å². The summed E-state index contributed by atoms with van der Waals surface area (Å²) in [5.74, 6) is 1.77. The summed E-state index contributed by atoms with van der Waals surface area (Å²) in [6, 6.07) is 24.3. The van der Waals surface area contributed by atoms with Gasteiger partial charge in [0.2, 0.25) is 0 Å². The third-order valence-corrected chi connectivity index (χ3v) is 4.32. The number of nitrogens with one attached hydrogen (secondary N) is 2. The summed E-state index contributed by atoms with van der Waals surface area (Å²) in [6.45, 7) is 0.408. The maximum Gasteiger partial charge on any atom is 0.251 e. The molecule has 2 aromatic carbocycles. The molecule has 0 aliphatic heterocycles. The van der Waals surface area contributed by atoms with Gasteiger partial charge in [-0.15, -0.1) is 0 Å².